The van der Waals surface area contributed by atoms with Gasteiger partial charge in [0.1, 0.15) is 12.4 Å². The molecule has 3 rings (SSSR count). The van der Waals surface area contributed by atoms with Crippen molar-refractivity contribution in [1.29, 1.82) is 0 Å². The molecule has 2 heterocycles. The summed E-state index contributed by atoms with van der Waals surface area (Å²) in [6, 6.07) is 11.9. The average Bonchev–Trinajstić information content (AvgIpc) is 3.16. The van der Waals surface area contributed by atoms with Gasteiger partial charge in [-0.3, -0.25) is 0 Å². The SMILES string of the molecule is Nc1nnnn1NCc1ccc(OCc2cccs2)cc1. The first-order chi connectivity index (χ1) is 10.3. The van der Waals surface area contributed by atoms with E-state index in [-0.39, 0.29) is 5.95 Å². The number of nitrogens with one attached hydrogen (secondary N) is 1. The number of hydrogen-bond donors (Lipinski definition) is 2. The number of tetrazole rings is 1. The van der Waals surface area contributed by atoms with Crippen molar-refractivity contribution in [3.8, 4) is 5.75 Å². The van der Waals surface area contributed by atoms with E-state index in [1.54, 1.807) is 11.3 Å². The topological polar surface area (TPSA) is 90.9 Å². The van der Waals surface area contributed by atoms with Crippen LogP contribution in [0.25, 0.3) is 0 Å². The lowest BCUT2D eigenvalue weighted by Gasteiger charge is -2.08. The Balaban J connectivity index is 1.53. The number of thiophene rings is 1. The van der Waals surface area contributed by atoms with Crippen molar-refractivity contribution in [2.45, 2.75) is 13.2 Å². The first kappa shape index (κ1) is 13.4. The third-order valence-corrected chi connectivity index (χ3v) is 3.66. The quantitative estimate of drug-likeness (QED) is 0.719. The standard InChI is InChI=1S/C13H14N6OS/c14-13-16-17-18-19(13)15-8-10-3-5-11(6-4-10)20-9-12-2-1-7-21-12/h1-7,15H,8-9H2,(H2,14,16,18). The highest BCUT2D eigenvalue weighted by Crippen LogP contribution is 2.16. The van der Waals surface area contributed by atoms with Crippen molar-refractivity contribution in [1.82, 2.24) is 20.3 Å². The van der Waals surface area contributed by atoms with Gasteiger partial charge in [-0.2, -0.15) is 0 Å². The van der Waals surface area contributed by atoms with Gasteiger partial charge in [-0.1, -0.05) is 23.3 Å². The van der Waals surface area contributed by atoms with E-state index in [0.717, 1.165) is 11.3 Å². The maximum atomic E-state index is 5.71. The van der Waals surface area contributed by atoms with Gasteiger partial charge in [0.15, 0.2) is 0 Å². The molecule has 0 atom stereocenters. The Labute approximate surface area is 125 Å². The van der Waals surface area contributed by atoms with Crippen LogP contribution in [-0.4, -0.2) is 20.3 Å². The zero-order valence-electron chi connectivity index (χ0n) is 11.1. The monoisotopic (exact) mass is 302 g/mol. The predicted octanol–water partition coefficient (Wildman–Crippen LogP) is 1.64. The van der Waals surface area contributed by atoms with Crippen molar-refractivity contribution < 1.29 is 4.74 Å². The van der Waals surface area contributed by atoms with Gasteiger partial charge in [0.25, 0.3) is 5.95 Å². The van der Waals surface area contributed by atoms with Gasteiger partial charge in [0, 0.05) is 4.88 Å². The highest BCUT2D eigenvalue weighted by atomic mass is 32.1. The minimum absolute atomic E-state index is 0.228. The van der Waals surface area contributed by atoms with Crippen molar-refractivity contribution in [3.63, 3.8) is 0 Å². The molecule has 108 valence electrons. The van der Waals surface area contributed by atoms with Crippen molar-refractivity contribution in [2.75, 3.05) is 11.2 Å². The lowest BCUT2D eigenvalue weighted by molar-refractivity contribution is 0.310. The van der Waals surface area contributed by atoms with Crippen LogP contribution in [0.1, 0.15) is 10.4 Å². The molecule has 0 saturated carbocycles. The van der Waals surface area contributed by atoms with E-state index in [9.17, 15) is 0 Å². The molecule has 0 aliphatic carbocycles. The van der Waals surface area contributed by atoms with Crippen molar-refractivity contribution in [3.05, 3.63) is 52.2 Å². The molecule has 0 saturated heterocycles. The van der Waals surface area contributed by atoms with Gasteiger partial charge in [-0.15, -0.1) is 16.1 Å². The minimum Gasteiger partial charge on any atom is -0.488 e. The Morgan fingerprint density at radius 3 is 2.76 bits per heavy atom. The second kappa shape index (κ2) is 6.23. The van der Waals surface area contributed by atoms with Crippen LogP contribution in [-0.2, 0) is 13.2 Å². The van der Waals surface area contributed by atoms with Gasteiger partial charge in [0.05, 0.1) is 6.54 Å². The first-order valence-electron chi connectivity index (χ1n) is 6.33. The van der Waals surface area contributed by atoms with Crippen LogP contribution in [0.5, 0.6) is 5.75 Å². The number of hydrogen-bond acceptors (Lipinski definition) is 7. The molecule has 0 amide bonds. The molecule has 0 spiro atoms. The van der Waals surface area contributed by atoms with Crippen LogP contribution >= 0.6 is 11.3 Å². The summed E-state index contributed by atoms with van der Waals surface area (Å²) in [5.41, 5.74) is 9.64. The summed E-state index contributed by atoms with van der Waals surface area (Å²) >= 11 is 1.68. The first-order valence-corrected chi connectivity index (χ1v) is 7.21. The third kappa shape index (κ3) is 3.48. The predicted molar refractivity (Wildman–Crippen MR) is 80.4 cm³/mol. The fourth-order valence-corrected chi connectivity index (χ4v) is 2.34. The normalized spacial score (nSPS) is 10.5. The van der Waals surface area contributed by atoms with E-state index in [1.165, 1.54) is 9.67 Å². The molecule has 8 heteroatoms. The number of aromatic nitrogens is 4. The van der Waals surface area contributed by atoms with Gasteiger partial charge in [-0.25, -0.2) is 0 Å². The summed E-state index contributed by atoms with van der Waals surface area (Å²) in [5.74, 6) is 1.07. The Morgan fingerprint density at radius 1 is 1.24 bits per heavy atom. The number of nitrogens with zero attached hydrogens (tertiary/aromatic N) is 4. The highest BCUT2D eigenvalue weighted by Gasteiger charge is 2.01. The van der Waals surface area contributed by atoms with E-state index in [0.29, 0.717) is 13.2 Å². The summed E-state index contributed by atoms with van der Waals surface area (Å²) in [4.78, 5) is 2.54. The summed E-state index contributed by atoms with van der Waals surface area (Å²) in [6.07, 6.45) is 0. The number of ether oxygens (including phenoxy) is 1. The zero-order chi connectivity index (χ0) is 14.5. The molecule has 7 nitrogen and oxygen atoms in total. The van der Waals surface area contributed by atoms with E-state index in [4.69, 9.17) is 10.5 Å². The summed E-state index contributed by atoms with van der Waals surface area (Å²) in [5, 5.41) is 12.8. The van der Waals surface area contributed by atoms with E-state index in [1.807, 2.05) is 35.7 Å². The lowest BCUT2D eigenvalue weighted by atomic mass is 10.2. The zero-order valence-corrected chi connectivity index (χ0v) is 12.0. The largest absolute Gasteiger partial charge is 0.488 e. The van der Waals surface area contributed by atoms with Crippen LogP contribution in [0.2, 0.25) is 0 Å². The fourth-order valence-electron chi connectivity index (χ4n) is 1.73. The maximum absolute atomic E-state index is 5.71. The van der Waals surface area contributed by atoms with E-state index >= 15 is 0 Å². The second-order valence-corrected chi connectivity index (χ2v) is 5.33. The van der Waals surface area contributed by atoms with Crippen LogP contribution < -0.4 is 15.9 Å². The molecule has 3 N–H and O–H groups in total. The average molecular weight is 302 g/mol. The van der Waals surface area contributed by atoms with Crippen LogP contribution in [0, 0.1) is 0 Å². The molecule has 0 unspecified atom stereocenters. The van der Waals surface area contributed by atoms with Crippen LogP contribution in [0.3, 0.4) is 0 Å². The molecule has 0 fully saturated rings. The Kier molecular flexibility index (Phi) is 3.97. The van der Waals surface area contributed by atoms with Crippen LogP contribution in [0.4, 0.5) is 5.95 Å². The van der Waals surface area contributed by atoms with Gasteiger partial charge < -0.3 is 15.9 Å². The van der Waals surface area contributed by atoms with Gasteiger partial charge in [-0.05, 0) is 39.6 Å². The second-order valence-electron chi connectivity index (χ2n) is 4.30. The summed E-state index contributed by atoms with van der Waals surface area (Å²) in [6.45, 7) is 1.16. The molecule has 0 bridgehead atoms. The third-order valence-electron chi connectivity index (χ3n) is 2.81. The molecule has 3 aromatic rings. The number of rotatable bonds is 6. The number of benzene rings is 1. The number of anilines is 1. The molecule has 0 radical (unpaired) electrons. The molecular weight excluding hydrogens is 288 g/mol. The minimum atomic E-state index is 0.228. The maximum Gasteiger partial charge on any atom is 0.260 e. The van der Waals surface area contributed by atoms with Gasteiger partial charge >= 0.3 is 0 Å². The Bertz CT molecular complexity index is 679. The molecule has 0 aliphatic heterocycles. The lowest BCUT2D eigenvalue weighted by Crippen LogP contribution is -2.18. The molecule has 1 aromatic carbocycles. The molecular formula is C13H14N6OS. The molecule has 0 aliphatic rings. The summed E-state index contributed by atoms with van der Waals surface area (Å²) < 4.78 is 5.71. The number of nitrogens with two attached hydrogens (primary N) is 1. The van der Waals surface area contributed by atoms with Crippen LogP contribution in [0.15, 0.2) is 41.8 Å². The Morgan fingerprint density at radius 2 is 2.10 bits per heavy atom. The van der Waals surface area contributed by atoms with E-state index < -0.39 is 0 Å². The number of nitrogen functional groups attached to an aromatic ring is 1. The van der Waals surface area contributed by atoms with Crippen molar-refractivity contribution in [2.24, 2.45) is 0 Å². The van der Waals surface area contributed by atoms with E-state index in [2.05, 4.69) is 27.0 Å². The summed E-state index contributed by atoms with van der Waals surface area (Å²) in [7, 11) is 0. The van der Waals surface area contributed by atoms with Gasteiger partial charge in [0.2, 0.25) is 0 Å². The molecule has 21 heavy (non-hydrogen) atoms. The van der Waals surface area contributed by atoms with Crippen molar-refractivity contribution >= 4 is 17.3 Å². The smallest absolute Gasteiger partial charge is 0.260 e. The molecule has 2 aromatic heterocycles. The fraction of sp³-hybridized carbons (Fsp3) is 0.154. The highest BCUT2D eigenvalue weighted by molar-refractivity contribution is 7.09. The Hall–Kier alpha value is -2.61.